The Balaban J connectivity index is 1.37. The summed E-state index contributed by atoms with van der Waals surface area (Å²) in [5, 5.41) is 0. The molecule has 0 fully saturated rings. The Bertz CT molecular complexity index is 1300. The lowest BCUT2D eigenvalue weighted by atomic mass is 10.1. The highest BCUT2D eigenvalue weighted by Gasteiger charge is 2.14. The van der Waals surface area contributed by atoms with Crippen LogP contribution in [0.4, 0.5) is 0 Å². The fourth-order valence-electron chi connectivity index (χ4n) is 3.55. The third-order valence-electron chi connectivity index (χ3n) is 5.22. The average Bonchev–Trinajstić information content (AvgIpc) is 3.36. The lowest BCUT2D eigenvalue weighted by Gasteiger charge is -2.20. The Morgan fingerprint density at radius 1 is 0.706 bits per heavy atom. The van der Waals surface area contributed by atoms with Crippen molar-refractivity contribution in [1.29, 1.82) is 0 Å². The fourth-order valence-corrected chi connectivity index (χ4v) is 3.55. The summed E-state index contributed by atoms with van der Waals surface area (Å²) in [4.78, 5) is 28.9. The molecule has 168 valence electrons. The van der Waals surface area contributed by atoms with Gasteiger partial charge in [-0.2, -0.15) is 0 Å². The molecule has 0 radical (unpaired) electrons. The molecule has 34 heavy (non-hydrogen) atoms. The summed E-state index contributed by atoms with van der Waals surface area (Å²) in [5.41, 5.74) is 3.74. The van der Waals surface area contributed by atoms with Crippen molar-refractivity contribution in [1.82, 2.24) is 34.8 Å². The van der Waals surface area contributed by atoms with Crippen LogP contribution in [0, 0.1) is 6.92 Å². The highest BCUT2D eigenvalue weighted by atomic mass is 16.4. The van der Waals surface area contributed by atoms with Crippen LogP contribution in [0.3, 0.4) is 0 Å². The average molecular weight is 450 g/mol. The first-order chi connectivity index (χ1) is 16.7. The predicted molar refractivity (Wildman–Crippen MR) is 127 cm³/mol. The fraction of sp³-hybridized carbons (Fsp3) is 0.154. The molecule has 0 aliphatic rings. The number of oxazole rings is 1. The van der Waals surface area contributed by atoms with Crippen LogP contribution < -0.4 is 0 Å². The zero-order chi connectivity index (χ0) is 23.2. The third-order valence-corrected chi connectivity index (χ3v) is 5.22. The number of rotatable bonds is 8. The Hall–Kier alpha value is -4.30. The van der Waals surface area contributed by atoms with Crippen LogP contribution in [0.25, 0.3) is 22.9 Å². The monoisotopic (exact) mass is 449 g/mol. The van der Waals surface area contributed by atoms with Gasteiger partial charge >= 0.3 is 0 Å². The van der Waals surface area contributed by atoms with Crippen molar-refractivity contribution in [3.63, 3.8) is 0 Å². The number of nitrogens with zero attached hydrogens (tertiary/aromatic N) is 7. The van der Waals surface area contributed by atoms with Crippen molar-refractivity contribution in [2.24, 2.45) is 0 Å². The summed E-state index contributed by atoms with van der Waals surface area (Å²) < 4.78 is 6.02. The Kier molecular flexibility index (Phi) is 6.40. The van der Waals surface area contributed by atoms with Crippen LogP contribution in [-0.4, -0.2) is 34.8 Å². The lowest BCUT2D eigenvalue weighted by molar-refractivity contribution is 0.232. The largest absolute Gasteiger partial charge is 0.435 e. The second-order valence-corrected chi connectivity index (χ2v) is 7.89. The van der Waals surface area contributed by atoms with E-state index < -0.39 is 0 Å². The standard InChI is InChI=1S/C26H23N7O/c1-19-7-9-20(10-8-19)23-15-31-26(34-23)22-6-2-5-21(32-22)16-33(17-24-27-11-3-12-28-24)18-25-29-13-4-14-30-25/h2-15H,16-18H2,1H3. The second kappa shape index (κ2) is 10.1. The van der Waals surface area contributed by atoms with Gasteiger partial charge in [-0.1, -0.05) is 35.9 Å². The van der Waals surface area contributed by atoms with E-state index in [1.54, 1.807) is 43.1 Å². The van der Waals surface area contributed by atoms with Gasteiger partial charge in [0.1, 0.15) is 17.3 Å². The molecule has 0 aliphatic heterocycles. The first kappa shape index (κ1) is 21.5. The maximum atomic E-state index is 6.02. The Morgan fingerprint density at radius 2 is 1.35 bits per heavy atom. The smallest absolute Gasteiger partial charge is 0.245 e. The molecule has 4 heterocycles. The van der Waals surface area contributed by atoms with Crippen LogP contribution >= 0.6 is 0 Å². The molecule has 8 nitrogen and oxygen atoms in total. The number of pyridine rings is 1. The van der Waals surface area contributed by atoms with Crippen molar-refractivity contribution in [2.75, 3.05) is 0 Å². The van der Waals surface area contributed by atoms with Gasteiger partial charge in [-0.15, -0.1) is 0 Å². The molecule has 0 bridgehead atoms. The molecule has 0 unspecified atom stereocenters. The van der Waals surface area contributed by atoms with E-state index in [-0.39, 0.29) is 0 Å². The van der Waals surface area contributed by atoms with E-state index in [1.807, 2.05) is 30.3 Å². The maximum Gasteiger partial charge on any atom is 0.245 e. The summed E-state index contributed by atoms with van der Waals surface area (Å²) in [5.74, 6) is 2.66. The molecule has 0 saturated heterocycles. The second-order valence-electron chi connectivity index (χ2n) is 7.89. The van der Waals surface area contributed by atoms with Gasteiger partial charge in [-0.3, -0.25) is 4.90 Å². The molecular weight excluding hydrogens is 426 g/mol. The Labute approximate surface area is 197 Å². The van der Waals surface area contributed by atoms with Crippen molar-refractivity contribution in [3.8, 4) is 22.9 Å². The van der Waals surface area contributed by atoms with Crippen molar-refractivity contribution in [2.45, 2.75) is 26.6 Å². The van der Waals surface area contributed by atoms with E-state index in [0.717, 1.165) is 22.9 Å². The Morgan fingerprint density at radius 3 is 2.00 bits per heavy atom. The SMILES string of the molecule is Cc1ccc(-c2cnc(-c3cccc(CN(Cc4ncccn4)Cc4ncccn4)n3)o2)cc1. The van der Waals surface area contributed by atoms with Crippen molar-refractivity contribution in [3.05, 3.63) is 108 Å². The third kappa shape index (κ3) is 5.36. The first-order valence-corrected chi connectivity index (χ1v) is 11.0. The van der Waals surface area contributed by atoms with Gasteiger partial charge in [-0.25, -0.2) is 29.9 Å². The van der Waals surface area contributed by atoms with Gasteiger partial charge in [0.05, 0.1) is 25.0 Å². The molecule has 0 amide bonds. The summed E-state index contributed by atoms with van der Waals surface area (Å²) in [6.07, 6.45) is 8.71. The molecule has 5 aromatic rings. The molecule has 4 aromatic heterocycles. The van der Waals surface area contributed by atoms with Gasteiger partial charge < -0.3 is 4.42 Å². The van der Waals surface area contributed by atoms with Gasteiger partial charge in [-0.05, 0) is 31.2 Å². The van der Waals surface area contributed by atoms with E-state index in [4.69, 9.17) is 9.40 Å². The van der Waals surface area contributed by atoms with Crippen LogP contribution in [0.15, 0.2) is 90.0 Å². The van der Waals surface area contributed by atoms with Crippen molar-refractivity contribution < 1.29 is 4.42 Å². The van der Waals surface area contributed by atoms with Crippen LogP contribution in [0.1, 0.15) is 22.9 Å². The zero-order valence-electron chi connectivity index (χ0n) is 18.7. The molecule has 0 N–H and O–H groups in total. The summed E-state index contributed by atoms with van der Waals surface area (Å²) in [6.45, 7) is 3.71. The van der Waals surface area contributed by atoms with E-state index in [0.29, 0.717) is 37.0 Å². The number of aryl methyl sites for hydroxylation is 1. The highest BCUT2D eigenvalue weighted by Crippen LogP contribution is 2.25. The molecule has 0 saturated carbocycles. The van der Waals surface area contributed by atoms with E-state index in [9.17, 15) is 0 Å². The van der Waals surface area contributed by atoms with Crippen LogP contribution in [-0.2, 0) is 19.6 Å². The highest BCUT2D eigenvalue weighted by molar-refractivity contribution is 5.59. The maximum absolute atomic E-state index is 6.02. The van der Waals surface area contributed by atoms with Gasteiger partial charge in [0.25, 0.3) is 0 Å². The number of hydrogen-bond acceptors (Lipinski definition) is 8. The molecule has 0 aliphatic carbocycles. The predicted octanol–water partition coefficient (Wildman–Crippen LogP) is 4.49. The summed E-state index contributed by atoms with van der Waals surface area (Å²) >= 11 is 0. The van der Waals surface area contributed by atoms with E-state index in [2.05, 4.69) is 48.9 Å². The topological polar surface area (TPSA) is 93.7 Å². The molecule has 1 aromatic carbocycles. The number of aromatic nitrogens is 6. The lowest BCUT2D eigenvalue weighted by Crippen LogP contribution is -2.25. The van der Waals surface area contributed by atoms with E-state index in [1.165, 1.54) is 5.56 Å². The molecular formula is C26H23N7O. The van der Waals surface area contributed by atoms with Crippen molar-refractivity contribution >= 4 is 0 Å². The number of benzene rings is 1. The minimum absolute atomic E-state index is 0.488. The minimum atomic E-state index is 0.488. The van der Waals surface area contributed by atoms with Gasteiger partial charge in [0.15, 0.2) is 5.76 Å². The summed E-state index contributed by atoms with van der Waals surface area (Å²) in [7, 11) is 0. The van der Waals surface area contributed by atoms with Crippen LogP contribution in [0.2, 0.25) is 0 Å². The normalized spacial score (nSPS) is 11.1. The van der Waals surface area contributed by atoms with Crippen LogP contribution in [0.5, 0.6) is 0 Å². The summed E-state index contributed by atoms with van der Waals surface area (Å²) in [6, 6.07) is 17.6. The molecule has 0 spiro atoms. The van der Waals surface area contributed by atoms with Gasteiger partial charge in [0, 0.05) is 36.9 Å². The molecule has 5 rings (SSSR count). The minimum Gasteiger partial charge on any atom is -0.435 e. The van der Waals surface area contributed by atoms with E-state index >= 15 is 0 Å². The quantitative estimate of drug-likeness (QED) is 0.342. The number of hydrogen-bond donors (Lipinski definition) is 0. The molecule has 8 heteroatoms. The first-order valence-electron chi connectivity index (χ1n) is 11.0. The van der Waals surface area contributed by atoms with Gasteiger partial charge in [0.2, 0.25) is 5.89 Å². The molecule has 0 atom stereocenters. The zero-order valence-corrected chi connectivity index (χ0v) is 18.7.